The number of fused-ring (bicyclic) bond motifs is 1. The molecule has 0 spiro atoms. The van der Waals surface area contributed by atoms with E-state index in [1.54, 1.807) is 4.90 Å². The Balaban J connectivity index is 1.47. The van der Waals surface area contributed by atoms with Crippen molar-refractivity contribution in [3.05, 3.63) is 71.4 Å². The third-order valence-corrected chi connectivity index (χ3v) is 6.14. The molecule has 5 heteroatoms. The molecule has 2 amide bonds. The number of nitrogens with zero attached hydrogens (tertiary/aromatic N) is 3. The molecule has 30 heavy (non-hydrogen) atoms. The molecule has 2 fully saturated rings. The first-order valence-electron chi connectivity index (χ1n) is 10.6. The Hall–Kier alpha value is -3.21. The first kappa shape index (κ1) is 18.8. The highest BCUT2D eigenvalue weighted by Crippen LogP contribution is 2.40. The molecule has 3 aromatic rings. The van der Waals surface area contributed by atoms with Gasteiger partial charge in [0.15, 0.2) is 0 Å². The normalized spacial score (nSPS) is 19.4. The van der Waals surface area contributed by atoms with Gasteiger partial charge in [0, 0.05) is 29.2 Å². The number of rotatable bonds is 3. The van der Waals surface area contributed by atoms with Crippen LogP contribution in [-0.4, -0.2) is 40.8 Å². The van der Waals surface area contributed by atoms with Crippen molar-refractivity contribution in [3.8, 4) is 0 Å². The zero-order valence-corrected chi connectivity index (χ0v) is 17.3. The van der Waals surface area contributed by atoms with Gasteiger partial charge in [-0.1, -0.05) is 36.4 Å². The van der Waals surface area contributed by atoms with Crippen LogP contribution in [0.25, 0.3) is 10.9 Å². The number of benzene rings is 2. The van der Waals surface area contributed by atoms with E-state index in [4.69, 9.17) is 4.98 Å². The number of aryl methyl sites for hydroxylation is 1. The van der Waals surface area contributed by atoms with Crippen LogP contribution >= 0.6 is 0 Å². The van der Waals surface area contributed by atoms with E-state index in [9.17, 15) is 9.59 Å². The number of hydrogen-bond acceptors (Lipinski definition) is 3. The molecule has 5 nitrogen and oxygen atoms in total. The summed E-state index contributed by atoms with van der Waals surface area (Å²) in [4.78, 5) is 34.9. The molecule has 1 aromatic heterocycles. The van der Waals surface area contributed by atoms with Gasteiger partial charge in [0.05, 0.1) is 17.1 Å². The van der Waals surface area contributed by atoms with Crippen LogP contribution in [-0.2, 0) is 4.79 Å². The van der Waals surface area contributed by atoms with E-state index in [-0.39, 0.29) is 24.4 Å². The lowest BCUT2D eigenvalue weighted by molar-refractivity contribution is -0.121. The van der Waals surface area contributed by atoms with Crippen LogP contribution in [0, 0.1) is 6.92 Å². The van der Waals surface area contributed by atoms with Crippen molar-refractivity contribution in [1.29, 1.82) is 0 Å². The van der Waals surface area contributed by atoms with Gasteiger partial charge >= 0.3 is 0 Å². The lowest BCUT2D eigenvalue weighted by Gasteiger charge is -2.40. The minimum Gasteiger partial charge on any atom is -0.327 e. The lowest BCUT2D eigenvalue weighted by Crippen LogP contribution is -2.57. The Morgan fingerprint density at radius 2 is 1.80 bits per heavy atom. The number of pyridine rings is 1. The standard InChI is InChI=1S/C25H25N3O2/c1-16-7-3-6-10-23(16)28-17(2)14-27(15-24(28)29)25(30)20-13-22(18-11-12-18)26-21-9-5-4-8-19(20)21/h3-10,13,17-18H,11-12,14-15H2,1-2H3. The Morgan fingerprint density at radius 1 is 1.07 bits per heavy atom. The number of piperazine rings is 1. The maximum Gasteiger partial charge on any atom is 0.255 e. The van der Waals surface area contributed by atoms with E-state index >= 15 is 0 Å². The third-order valence-electron chi connectivity index (χ3n) is 6.14. The summed E-state index contributed by atoms with van der Waals surface area (Å²) in [6.45, 7) is 4.61. The molecule has 2 heterocycles. The van der Waals surface area contributed by atoms with Crippen LogP contribution in [0.1, 0.15) is 47.3 Å². The van der Waals surface area contributed by atoms with Crippen molar-refractivity contribution in [2.75, 3.05) is 18.0 Å². The van der Waals surface area contributed by atoms with Crippen molar-refractivity contribution in [1.82, 2.24) is 9.88 Å². The van der Waals surface area contributed by atoms with E-state index in [2.05, 4.69) is 0 Å². The van der Waals surface area contributed by atoms with E-state index in [0.717, 1.165) is 40.7 Å². The second-order valence-corrected chi connectivity index (χ2v) is 8.47. The summed E-state index contributed by atoms with van der Waals surface area (Å²) in [6, 6.07) is 17.5. The van der Waals surface area contributed by atoms with Crippen LogP contribution < -0.4 is 4.90 Å². The highest BCUT2D eigenvalue weighted by molar-refractivity contribution is 6.08. The van der Waals surface area contributed by atoms with E-state index in [1.165, 1.54) is 0 Å². The molecule has 0 N–H and O–H groups in total. The summed E-state index contributed by atoms with van der Waals surface area (Å²) in [5.74, 6) is 0.330. The molecule has 1 unspecified atom stereocenters. The number of para-hydroxylation sites is 2. The third kappa shape index (κ3) is 3.24. The fourth-order valence-electron chi connectivity index (χ4n) is 4.44. The van der Waals surface area contributed by atoms with E-state index in [0.29, 0.717) is 18.0 Å². The van der Waals surface area contributed by atoms with Gasteiger partial charge in [0.1, 0.15) is 6.54 Å². The number of carbonyl (C=O) groups is 2. The monoisotopic (exact) mass is 399 g/mol. The van der Waals surface area contributed by atoms with Crippen molar-refractivity contribution in [2.24, 2.45) is 0 Å². The quantitative estimate of drug-likeness (QED) is 0.660. The molecule has 1 aliphatic carbocycles. The molecule has 0 radical (unpaired) electrons. The Morgan fingerprint density at radius 3 is 2.53 bits per heavy atom. The predicted molar refractivity (Wildman–Crippen MR) is 118 cm³/mol. The molecule has 1 aliphatic heterocycles. The van der Waals surface area contributed by atoms with Crippen LogP contribution in [0.4, 0.5) is 5.69 Å². The Kier molecular flexibility index (Phi) is 4.54. The van der Waals surface area contributed by atoms with E-state index < -0.39 is 0 Å². The fraction of sp³-hybridized carbons (Fsp3) is 0.320. The molecular weight excluding hydrogens is 374 g/mol. The van der Waals surface area contributed by atoms with Crippen LogP contribution in [0.2, 0.25) is 0 Å². The highest BCUT2D eigenvalue weighted by atomic mass is 16.2. The SMILES string of the molecule is Cc1ccccc1N1C(=O)CN(C(=O)c2cc(C3CC3)nc3ccccc23)CC1C. The number of aromatic nitrogens is 1. The van der Waals surface area contributed by atoms with Crippen molar-refractivity contribution < 1.29 is 9.59 Å². The second kappa shape index (κ2) is 7.24. The molecule has 152 valence electrons. The molecule has 2 aromatic carbocycles. The second-order valence-electron chi connectivity index (χ2n) is 8.47. The summed E-state index contributed by atoms with van der Waals surface area (Å²) < 4.78 is 0. The molecule has 5 rings (SSSR count). The smallest absolute Gasteiger partial charge is 0.255 e. The van der Waals surface area contributed by atoms with E-state index in [1.807, 2.05) is 73.3 Å². The average Bonchev–Trinajstić information content (AvgIpc) is 3.58. The minimum absolute atomic E-state index is 0.0443. The number of hydrogen-bond donors (Lipinski definition) is 0. The van der Waals surface area contributed by atoms with Gasteiger partial charge in [-0.2, -0.15) is 0 Å². The maximum absolute atomic E-state index is 13.5. The maximum atomic E-state index is 13.5. The van der Waals surface area contributed by atoms with Gasteiger partial charge in [-0.15, -0.1) is 0 Å². The zero-order chi connectivity index (χ0) is 20.8. The predicted octanol–water partition coefficient (Wildman–Crippen LogP) is 4.30. The van der Waals surface area contributed by atoms with Gasteiger partial charge in [0.25, 0.3) is 5.91 Å². The van der Waals surface area contributed by atoms with Crippen molar-refractivity contribution in [3.63, 3.8) is 0 Å². The minimum atomic E-state index is -0.0905. The lowest BCUT2D eigenvalue weighted by atomic mass is 10.0. The summed E-state index contributed by atoms with van der Waals surface area (Å²) in [7, 11) is 0. The number of amides is 2. The Bertz CT molecular complexity index is 1150. The van der Waals surface area contributed by atoms with Crippen molar-refractivity contribution in [2.45, 2.75) is 38.6 Å². The molecular formula is C25H25N3O2. The van der Waals surface area contributed by atoms with Gasteiger partial charge in [0.2, 0.25) is 5.91 Å². The fourth-order valence-corrected chi connectivity index (χ4v) is 4.44. The first-order chi connectivity index (χ1) is 14.5. The van der Waals surface area contributed by atoms with Crippen LogP contribution in [0.3, 0.4) is 0 Å². The summed E-state index contributed by atoms with van der Waals surface area (Å²) >= 11 is 0. The molecule has 1 saturated carbocycles. The number of anilines is 1. The van der Waals surface area contributed by atoms with Crippen LogP contribution in [0.5, 0.6) is 0 Å². The van der Waals surface area contributed by atoms with Crippen molar-refractivity contribution >= 4 is 28.4 Å². The van der Waals surface area contributed by atoms with Crippen LogP contribution in [0.15, 0.2) is 54.6 Å². The van der Waals surface area contributed by atoms with Gasteiger partial charge in [-0.3, -0.25) is 14.6 Å². The zero-order valence-electron chi connectivity index (χ0n) is 17.3. The average molecular weight is 399 g/mol. The van der Waals surface area contributed by atoms with Gasteiger partial charge in [-0.25, -0.2) is 0 Å². The largest absolute Gasteiger partial charge is 0.327 e. The van der Waals surface area contributed by atoms with Gasteiger partial charge < -0.3 is 9.80 Å². The number of carbonyl (C=O) groups excluding carboxylic acids is 2. The summed E-state index contributed by atoms with van der Waals surface area (Å²) in [6.07, 6.45) is 2.26. The molecule has 1 atom stereocenters. The molecule has 2 aliphatic rings. The summed E-state index contributed by atoms with van der Waals surface area (Å²) in [5, 5.41) is 0.855. The van der Waals surface area contributed by atoms with Gasteiger partial charge in [-0.05, 0) is 50.5 Å². The first-order valence-corrected chi connectivity index (χ1v) is 10.6. The summed E-state index contributed by atoms with van der Waals surface area (Å²) in [5.41, 5.74) is 4.49. The topological polar surface area (TPSA) is 53.5 Å². The Labute approximate surface area is 176 Å². The highest BCUT2D eigenvalue weighted by Gasteiger charge is 2.35. The molecule has 1 saturated heterocycles. The molecule has 0 bridgehead atoms.